The average molecular weight is 317 g/mol. The normalized spacial score (nSPS) is 10.9. The maximum atomic E-state index is 12.1. The van der Waals surface area contributed by atoms with Gasteiger partial charge in [0.2, 0.25) is 0 Å². The summed E-state index contributed by atoms with van der Waals surface area (Å²) in [6, 6.07) is 5.06. The zero-order valence-electron chi connectivity index (χ0n) is 7.34. The standard InChI is InChI=1S/C9H10F3N.HI/c10-9(11,12)8-3-1-7(2-4-8)5-6-13;/h1-4H,5-6,13H2;1H. The molecular formula is C9H11F3IN. The van der Waals surface area contributed by atoms with Crippen LogP contribution in [0.25, 0.3) is 0 Å². The number of rotatable bonds is 2. The zero-order valence-corrected chi connectivity index (χ0v) is 9.67. The molecule has 1 nitrogen and oxygen atoms in total. The molecule has 80 valence electrons. The van der Waals surface area contributed by atoms with Crippen LogP contribution in [0.1, 0.15) is 11.1 Å². The molecule has 1 aromatic rings. The van der Waals surface area contributed by atoms with Crippen LogP contribution in [-0.2, 0) is 12.6 Å². The Hall–Kier alpha value is -0.300. The van der Waals surface area contributed by atoms with Crippen molar-refractivity contribution in [3.05, 3.63) is 35.4 Å². The number of nitrogens with two attached hydrogens (primary N) is 1. The van der Waals surface area contributed by atoms with E-state index < -0.39 is 11.7 Å². The van der Waals surface area contributed by atoms with Gasteiger partial charge in [-0.3, -0.25) is 0 Å². The summed E-state index contributed by atoms with van der Waals surface area (Å²) in [5, 5.41) is 0. The number of halogens is 4. The first-order valence-electron chi connectivity index (χ1n) is 3.90. The maximum Gasteiger partial charge on any atom is 0.416 e. The van der Waals surface area contributed by atoms with Gasteiger partial charge in [-0.2, -0.15) is 13.2 Å². The summed E-state index contributed by atoms with van der Waals surface area (Å²) in [5.41, 5.74) is 5.47. The molecule has 0 heterocycles. The van der Waals surface area contributed by atoms with Crippen LogP contribution in [0.4, 0.5) is 13.2 Å². The van der Waals surface area contributed by atoms with Gasteiger partial charge in [-0.15, -0.1) is 24.0 Å². The summed E-state index contributed by atoms with van der Waals surface area (Å²) in [4.78, 5) is 0. The first-order valence-corrected chi connectivity index (χ1v) is 3.90. The SMILES string of the molecule is I.NCCc1ccc(C(F)(F)F)cc1. The first kappa shape index (κ1) is 13.7. The fourth-order valence-corrected chi connectivity index (χ4v) is 1.03. The minimum Gasteiger partial charge on any atom is -0.330 e. The molecule has 0 aliphatic rings. The Morgan fingerprint density at radius 1 is 1.07 bits per heavy atom. The Morgan fingerprint density at radius 3 is 1.93 bits per heavy atom. The molecule has 2 N–H and O–H groups in total. The van der Waals surface area contributed by atoms with Gasteiger partial charge in [0.05, 0.1) is 5.56 Å². The smallest absolute Gasteiger partial charge is 0.330 e. The highest BCUT2D eigenvalue weighted by atomic mass is 127. The van der Waals surface area contributed by atoms with E-state index >= 15 is 0 Å². The molecule has 0 spiro atoms. The molecule has 14 heavy (non-hydrogen) atoms. The van der Waals surface area contributed by atoms with E-state index in [1.54, 1.807) is 0 Å². The molecule has 0 saturated carbocycles. The number of hydrogen-bond acceptors (Lipinski definition) is 1. The molecule has 0 radical (unpaired) electrons. The second kappa shape index (κ2) is 5.55. The Kier molecular flexibility index (Phi) is 5.43. The predicted molar refractivity (Wildman–Crippen MR) is 59.6 cm³/mol. The van der Waals surface area contributed by atoms with E-state index in [9.17, 15) is 13.2 Å². The van der Waals surface area contributed by atoms with Crippen molar-refractivity contribution in [1.29, 1.82) is 0 Å². The molecule has 1 rings (SSSR count). The lowest BCUT2D eigenvalue weighted by Gasteiger charge is -2.06. The van der Waals surface area contributed by atoms with Crippen LogP contribution < -0.4 is 5.73 Å². The van der Waals surface area contributed by atoms with E-state index in [4.69, 9.17) is 5.73 Å². The van der Waals surface area contributed by atoms with Gasteiger partial charge in [-0.1, -0.05) is 12.1 Å². The summed E-state index contributed by atoms with van der Waals surface area (Å²) in [6.45, 7) is 0.450. The van der Waals surface area contributed by atoms with Gasteiger partial charge in [0, 0.05) is 0 Å². The van der Waals surface area contributed by atoms with Crippen molar-refractivity contribution in [2.24, 2.45) is 5.73 Å². The van der Waals surface area contributed by atoms with Crippen LogP contribution in [0.15, 0.2) is 24.3 Å². The molecule has 0 bridgehead atoms. The largest absolute Gasteiger partial charge is 0.416 e. The van der Waals surface area contributed by atoms with E-state index in [0.717, 1.165) is 17.7 Å². The third-order valence-electron chi connectivity index (χ3n) is 1.71. The van der Waals surface area contributed by atoms with Crippen LogP contribution in [0, 0.1) is 0 Å². The molecule has 0 amide bonds. The second-order valence-electron chi connectivity index (χ2n) is 2.73. The second-order valence-corrected chi connectivity index (χ2v) is 2.73. The lowest BCUT2D eigenvalue weighted by molar-refractivity contribution is -0.137. The van der Waals surface area contributed by atoms with E-state index in [-0.39, 0.29) is 24.0 Å². The summed E-state index contributed by atoms with van der Waals surface area (Å²) in [7, 11) is 0. The lowest BCUT2D eigenvalue weighted by atomic mass is 10.1. The van der Waals surface area contributed by atoms with Crippen molar-refractivity contribution in [2.75, 3.05) is 6.54 Å². The summed E-state index contributed by atoms with van der Waals surface area (Å²) < 4.78 is 36.2. The van der Waals surface area contributed by atoms with Crippen LogP contribution in [0.3, 0.4) is 0 Å². The average Bonchev–Trinajstić information content (AvgIpc) is 2.04. The van der Waals surface area contributed by atoms with Gasteiger partial charge in [-0.05, 0) is 30.7 Å². The van der Waals surface area contributed by atoms with Crippen LogP contribution in [-0.4, -0.2) is 6.54 Å². The van der Waals surface area contributed by atoms with Gasteiger partial charge in [-0.25, -0.2) is 0 Å². The molecule has 0 aliphatic carbocycles. The first-order chi connectivity index (χ1) is 6.04. The summed E-state index contributed by atoms with van der Waals surface area (Å²) in [5.74, 6) is 0. The van der Waals surface area contributed by atoms with Gasteiger partial charge in [0.25, 0.3) is 0 Å². The summed E-state index contributed by atoms with van der Waals surface area (Å²) in [6.07, 6.45) is -3.64. The third-order valence-corrected chi connectivity index (χ3v) is 1.71. The predicted octanol–water partition coefficient (Wildman–Crippen LogP) is 2.82. The van der Waals surface area contributed by atoms with Crippen LogP contribution >= 0.6 is 24.0 Å². The van der Waals surface area contributed by atoms with E-state index in [2.05, 4.69) is 0 Å². The molecule has 0 saturated heterocycles. The van der Waals surface area contributed by atoms with Gasteiger partial charge in [0.15, 0.2) is 0 Å². The fourth-order valence-electron chi connectivity index (χ4n) is 1.03. The van der Waals surface area contributed by atoms with Crippen molar-refractivity contribution < 1.29 is 13.2 Å². The molecule has 5 heteroatoms. The Morgan fingerprint density at radius 2 is 1.57 bits per heavy atom. The third kappa shape index (κ3) is 3.83. The molecule has 0 fully saturated rings. The molecular weight excluding hydrogens is 306 g/mol. The molecule has 1 aromatic carbocycles. The van der Waals surface area contributed by atoms with Crippen molar-refractivity contribution in [3.63, 3.8) is 0 Å². The minimum absolute atomic E-state index is 0. The van der Waals surface area contributed by atoms with Crippen molar-refractivity contribution >= 4 is 24.0 Å². The Bertz CT molecular complexity index is 268. The molecule has 0 aliphatic heterocycles. The fraction of sp³-hybridized carbons (Fsp3) is 0.333. The molecule has 0 aromatic heterocycles. The van der Waals surface area contributed by atoms with E-state index in [1.165, 1.54) is 12.1 Å². The number of hydrogen-bond donors (Lipinski definition) is 1. The summed E-state index contributed by atoms with van der Waals surface area (Å²) >= 11 is 0. The van der Waals surface area contributed by atoms with Crippen LogP contribution in [0.2, 0.25) is 0 Å². The zero-order chi connectivity index (χ0) is 9.90. The number of benzene rings is 1. The molecule has 0 atom stereocenters. The Balaban J connectivity index is 0.00000169. The minimum atomic E-state index is -4.25. The van der Waals surface area contributed by atoms with Gasteiger partial charge in [0.1, 0.15) is 0 Å². The molecule has 0 unspecified atom stereocenters. The van der Waals surface area contributed by atoms with E-state index in [0.29, 0.717) is 13.0 Å². The topological polar surface area (TPSA) is 26.0 Å². The van der Waals surface area contributed by atoms with Crippen molar-refractivity contribution in [1.82, 2.24) is 0 Å². The highest BCUT2D eigenvalue weighted by Gasteiger charge is 2.29. The Labute approximate surface area is 97.5 Å². The van der Waals surface area contributed by atoms with E-state index in [1.807, 2.05) is 0 Å². The van der Waals surface area contributed by atoms with Crippen LogP contribution in [0.5, 0.6) is 0 Å². The van der Waals surface area contributed by atoms with Gasteiger partial charge >= 0.3 is 6.18 Å². The lowest BCUT2D eigenvalue weighted by Crippen LogP contribution is -2.06. The number of alkyl halides is 3. The van der Waals surface area contributed by atoms with Crippen molar-refractivity contribution in [2.45, 2.75) is 12.6 Å². The monoisotopic (exact) mass is 317 g/mol. The van der Waals surface area contributed by atoms with Gasteiger partial charge < -0.3 is 5.73 Å². The maximum absolute atomic E-state index is 12.1. The quantitative estimate of drug-likeness (QED) is 0.834. The highest BCUT2D eigenvalue weighted by molar-refractivity contribution is 14.0. The van der Waals surface area contributed by atoms with Crippen molar-refractivity contribution in [3.8, 4) is 0 Å². The highest BCUT2D eigenvalue weighted by Crippen LogP contribution is 2.28.